The molecule has 0 saturated heterocycles. The van der Waals surface area contributed by atoms with E-state index in [2.05, 4.69) is 34.7 Å². The molecule has 2 N–H and O–H groups in total. The Morgan fingerprint density at radius 3 is 2.52 bits per heavy atom. The highest BCUT2D eigenvalue weighted by molar-refractivity contribution is 6.39. The van der Waals surface area contributed by atoms with Gasteiger partial charge in [0.05, 0.1) is 11.9 Å². The van der Waals surface area contributed by atoms with Crippen molar-refractivity contribution < 1.29 is 14.0 Å². The molecule has 0 aliphatic heterocycles. The second-order valence-corrected chi connectivity index (χ2v) is 6.17. The number of hydrogen-bond acceptors (Lipinski definition) is 3. The van der Waals surface area contributed by atoms with E-state index in [1.807, 2.05) is 12.1 Å². The standard InChI is InChI=1S/C21H20FN3O2/c1-2-14-6-8-15(9-7-14)10-11-23-20(26)21(27)25-17-12-16-4-3-5-18(22)19(16)24-13-17/h3-9,12-13H,2,10-11H2,1H3,(H,23,26)(H,25,27). The first-order chi connectivity index (χ1) is 13.1. The van der Waals surface area contributed by atoms with E-state index in [1.165, 1.54) is 17.8 Å². The number of aryl methyl sites for hydroxylation is 1. The van der Waals surface area contributed by atoms with Crippen molar-refractivity contribution in [2.75, 3.05) is 11.9 Å². The molecule has 0 atom stereocenters. The van der Waals surface area contributed by atoms with E-state index >= 15 is 0 Å². The van der Waals surface area contributed by atoms with Gasteiger partial charge in [0.15, 0.2) is 0 Å². The highest BCUT2D eigenvalue weighted by Crippen LogP contribution is 2.18. The summed E-state index contributed by atoms with van der Waals surface area (Å²) in [4.78, 5) is 28.0. The lowest BCUT2D eigenvalue weighted by atomic mass is 10.1. The molecule has 6 heteroatoms. The summed E-state index contributed by atoms with van der Waals surface area (Å²) in [5, 5.41) is 5.62. The summed E-state index contributed by atoms with van der Waals surface area (Å²) in [6.45, 7) is 2.45. The van der Waals surface area contributed by atoms with Gasteiger partial charge in [-0.15, -0.1) is 0 Å². The summed E-state index contributed by atoms with van der Waals surface area (Å²) in [7, 11) is 0. The largest absolute Gasteiger partial charge is 0.347 e. The number of amides is 2. The van der Waals surface area contributed by atoms with Gasteiger partial charge in [-0.25, -0.2) is 4.39 Å². The third kappa shape index (κ3) is 4.67. The molecule has 138 valence electrons. The zero-order valence-corrected chi connectivity index (χ0v) is 15.0. The van der Waals surface area contributed by atoms with Gasteiger partial charge in [-0.3, -0.25) is 14.6 Å². The molecule has 3 aromatic rings. The molecule has 2 amide bonds. The van der Waals surface area contributed by atoms with Crippen LogP contribution in [-0.4, -0.2) is 23.3 Å². The van der Waals surface area contributed by atoms with E-state index < -0.39 is 17.6 Å². The fourth-order valence-corrected chi connectivity index (χ4v) is 2.72. The lowest BCUT2D eigenvalue weighted by Gasteiger charge is -2.08. The number of fused-ring (bicyclic) bond motifs is 1. The van der Waals surface area contributed by atoms with Gasteiger partial charge >= 0.3 is 11.8 Å². The number of pyridine rings is 1. The van der Waals surface area contributed by atoms with Gasteiger partial charge in [-0.2, -0.15) is 0 Å². The Morgan fingerprint density at radius 2 is 1.78 bits per heavy atom. The van der Waals surface area contributed by atoms with E-state index in [0.717, 1.165) is 12.0 Å². The molecule has 2 aromatic carbocycles. The van der Waals surface area contributed by atoms with Crippen LogP contribution >= 0.6 is 0 Å². The number of aromatic nitrogens is 1. The molecule has 0 aliphatic carbocycles. The SMILES string of the molecule is CCc1ccc(CCNC(=O)C(=O)Nc2cnc3c(F)cccc3c2)cc1. The van der Waals surface area contributed by atoms with Gasteiger partial charge < -0.3 is 10.6 Å². The normalized spacial score (nSPS) is 10.6. The van der Waals surface area contributed by atoms with Gasteiger partial charge in [0, 0.05) is 11.9 Å². The smallest absolute Gasteiger partial charge is 0.313 e. The van der Waals surface area contributed by atoms with E-state index in [9.17, 15) is 14.0 Å². The Bertz CT molecular complexity index is 971. The summed E-state index contributed by atoms with van der Waals surface area (Å²) in [5.41, 5.74) is 2.90. The van der Waals surface area contributed by atoms with Crippen molar-refractivity contribution in [2.24, 2.45) is 0 Å². The predicted molar refractivity (Wildman–Crippen MR) is 103 cm³/mol. The van der Waals surface area contributed by atoms with E-state index in [4.69, 9.17) is 0 Å². The number of nitrogens with one attached hydrogen (secondary N) is 2. The van der Waals surface area contributed by atoms with Crippen LogP contribution < -0.4 is 10.6 Å². The summed E-state index contributed by atoms with van der Waals surface area (Å²) >= 11 is 0. The number of nitrogens with zero attached hydrogens (tertiary/aromatic N) is 1. The molecule has 0 aliphatic rings. The highest BCUT2D eigenvalue weighted by Gasteiger charge is 2.14. The summed E-state index contributed by atoms with van der Waals surface area (Å²) in [6, 6.07) is 14.3. The van der Waals surface area contributed by atoms with Crippen molar-refractivity contribution in [3.63, 3.8) is 0 Å². The van der Waals surface area contributed by atoms with Gasteiger partial charge in [0.2, 0.25) is 0 Å². The number of para-hydroxylation sites is 1. The molecule has 0 spiro atoms. The first kappa shape index (κ1) is 18.5. The summed E-state index contributed by atoms with van der Waals surface area (Å²) in [5.74, 6) is -1.94. The van der Waals surface area contributed by atoms with Crippen LogP contribution in [0.5, 0.6) is 0 Å². The van der Waals surface area contributed by atoms with Crippen molar-refractivity contribution in [3.8, 4) is 0 Å². The Balaban J connectivity index is 1.53. The highest BCUT2D eigenvalue weighted by atomic mass is 19.1. The van der Waals surface area contributed by atoms with Crippen LogP contribution in [0.3, 0.4) is 0 Å². The van der Waals surface area contributed by atoms with Crippen LogP contribution in [0.4, 0.5) is 10.1 Å². The minimum Gasteiger partial charge on any atom is -0.347 e. The number of anilines is 1. The fraction of sp³-hybridized carbons (Fsp3) is 0.190. The fourth-order valence-electron chi connectivity index (χ4n) is 2.72. The summed E-state index contributed by atoms with van der Waals surface area (Å²) < 4.78 is 13.6. The molecule has 27 heavy (non-hydrogen) atoms. The quantitative estimate of drug-likeness (QED) is 0.682. The Hall–Kier alpha value is -3.28. The zero-order chi connectivity index (χ0) is 19.2. The molecule has 5 nitrogen and oxygen atoms in total. The number of benzene rings is 2. The third-order valence-electron chi connectivity index (χ3n) is 4.26. The van der Waals surface area contributed by atoms with Crippen LogP contribution in [0, 0.1) is 5.82 Å². The third-order valence-corrected chi connectivity index (χ3v) is 4.26. The predicted octanol–water partition coefficient (Wildman–Crippen LogP) is 3.23. The minimum atomic E-state index is -0.783. The molecule has 0 unspecified atom stereocenters. The van der Waals surface area contributed by atoms with Crippen LogP contribution in [-0.2, 0) is 22.4 Å². The Kier molecular flexibility index (Phi) is 5.76. The average Bonchev–Trinajstić information content (AvgIpc) is 2.68. The maximum absolute atomic E-state index is 13.6. The maximum atomic E-state index is 13.6. The number of carbonyl (C=O) groups excluding carboxylic acids is 2. The van der Waals surface area contributed by atoms with Gasteiger partial charge in [-0.1, -0.05) is 43.3 Å². The summed E-state index contributed by atoms with van der Waals surface area (Å²) in [6.07, 6.45) is 2.94. The molecule has 0 bridgehead atoms. The first-order valence-electron chi connectivity index (χ1n) is 8.78. The average molecular weight is 365 g/mol. The second kappa shape index (κ2) is 8.40. The molecular weight excluding hydrogens is 345 g/mol. The molecule has 1 aromatic heterocycles. The topological polar surface area (TPSA) is 71.1 Å². The molecule has 3 rings (SSSR count). The molecule has 0 fully saturated rings. The van der Waals surface area contributed by atoms with Crippen molar-refractivity contribution in [3.05, 3.63) is 71.7 Å². The Morgan fingerprint density at radius 1 is 1.04 bits per heavy atom. The number of hydrogen-bond donors (Lipinski definition) is 2. The second-order valence-electron chi connectivity index (χ2n) is 6.17. The maximum Gasteiger partial charge on any atom is 0.313 e. The monoisotopic (exact) mass is 365 g/mol. The van der Waals surface area contributed by atoms with Crippen molar-refractivity contribution >= 4 is 28.4 Å². The number of halogens is 1. The zero-order valence-electron chi connectivity index (χ0n) is 15.0. The van der Waals surface area contributed by atoms with Crippen LogP contribution in [0.25, 0.3) is 10.9 Å². The van der Waals surface area contributed by atoms with Gasteiger partial charge in [-0.05, 0) is 36.1 Å². The van der Waals surface area contributed by atoms with Gasteiger partial charge in [0.1, 0.15) is 11.3 Å². The number of rotatable bonds is 5. The Labute approximate surface area is 156 Å². The molecule has 0 saturated carbocycles. The van der Waals surface area contributed by atoms with Crippen molar-refractivity contribution in [1.29, 1.82) is 0 Å². The first-order valence-corrected chi connectivity index (χ1v) is 8.78. The lowest BCUT2D eigenvalue weighted by Crippen LogP contribution is -2.36. The van der Waals surface area contributed by atoms with Crippen molar-refractivity contribution in [2.45, 2.75) is 19.8 Å². The van der Waals surface area contributed by atoms with Crippen LogP contribution in [0.1, 0.15) is 18.1 Å². The number of carbonyl (C=O) groups is 2. The molecule has 0 radical (unpaired) electrons. The minimum absolute atomic E-state index is 0.217. The van der Waals surface area contributed by atoms with E-state index in [1.54, 1.807) is 18.2 Å². The van der Waals surface area contributed by atoms with Gasteiger partial charge in [0.25, 0.3) is 0 Å². The van der Waals surface area contributed by atoms with Crippen molar-refractivity contribution in [1.82, 2.24) is 10.3 Å². The van der Waals surface area contributed by atoms with E-state index in [0.29, 0.717) is 24.0 Å². The van der Waals surface area contributed by atoms with Crippen LogP contribution in [0.2, 0.25) is 0 Å². The lowest BCUT2D eigenvalue weighted by molar-refractivity contribution is -0.136. The van der Waals surface area contributed by atoms with Crippen LogP contribution in [0.15, 0.2) is 54.7 Å². The molecule has 1 heterocycles. The molecular formula is C21H20FN3O2. The van der Waals surface area contributed by atoms with E-state index in [-0.39, 0.29) is 5.52 Å².